The third kappa shape index (κ3) is 3.97. The highest BCUT2D eigenvalue weighted by Crippen LogP contribution is 2.34. The lowest BCUT2D eigenvalue weighted by molar-refractivity contribution is -0.131. The molecule has 27 heavy (non-hydrogen) atoms. The monoisotopic (exact) mass is 393 g/mol. The first-order chi connectivity index (χ1) is 12.7. The molecule has 3 rings (SSSR count). The van der Waals surface area contributed by atoms with E-state index in [1.165, 1.54) is 29.2 Å². The Balaban J connectivity index is 1.48. The van der Waals surface area contributed by atoms with Gasteiger partial charge in [0.05, 0.1) is 4.90 Å². The Hall–Kier alpha value is -2.42. The lowest BCUT2D eigenvalue weighted by Crippen LogP contribution is -2.44. The quantitative estimate of drug-likeness (QED) is 0.555. The number of rotatable bonds is 6. The third-order valence-electron chi connectivity index (χ3n) is 5.09. The standard InChI is InChI=1S/C18H23N3O5S/c1-27(25,26)14-7-5-13(6-8-14)15(22)19-11-4-12-21-16(23)18(20-17(21)24)9-2-3-10-18/h5-8H,2-4,9-12H2,1H3,(H,19,22)(H,20,24). The van der Waals surface area contributed by atoms with Crippen molar-refractivity contribution in [2.45, 2.75) is 42.5 Å². The van der Waals surface area contributed by atoms with E-state index >= 15 is 0 Å². The molecule has 0 aromatic heterocycles. The molecule has 1 aromatic rings. The Kier molecular flexibility index (Phi) is 5.23. The van der Waals surface area contributed by atoms with Crippen LogP contribution in [0.5, 0.6) is 0 Å². The van der Waals surface area contributed by atoms with Crippen LogP contribution < -0.4 is 10.6 Å². The van der Waals surface area contributed by atoms with Crippen LogP contribution in [0.15, 0.2) is 29.2 Å². The van der Waals surface area contributed by atoms with Crippen LogP contribution in [0.3, 0.4) is 0 Å². The predicted molar refractivity (Wildman–Crippen MR) is 97.9 cm³/mol. The largest absolute Gasteiger partial charge is 0.352 e. The van der Waals surface area contributed by atoms with Gasteiger partial charge < -0.3 is 10.6 Å². The van der Waals surface area contributed by atoms with Crippen molar-refractivity contribution < 1.29 is 22.8 Å². The Morgan fingerprint density at radius 1 is 1.19 bits per heavy atom. The third-order valence-corrected chi connectivity index (χ3v) is 6.22. The van der Waals surface area contributed by atoms with Gasteiger partial charge in [0.25, 0.3) is 11.8 Å². The summed E-state index contributed by atoms with van der Waals surface area (Å²) in [7, 11) is -3.30. The molecule has 0 bridgehead atoms. The number of nitrogens with one attached hydrogen (secondary N) is 2. The van der Waals surface area contributed by atoms with Crippen LogP contribution in [-0.2, 0) is 14.6 Å². The van der Waals surface area contributed by atoms with E-state index in [4.69, 9.17) is 0 Å². The van der Waals surface area contributed by atoms with E-state index in [9.17, 15) is 22.8 Å². The second-order valence-electron chi connectivity index (χ2n) is 7.08. The van der Waals surface area contributed by atoms with E-state index in [-0.39, 0.29) is 29.3 Å². The molecular formula is C18H23N3O5S. The Labute approximate surface area is 158 Å². The molecule has 0 unspecified atom stereocenters. The van der Waals surface area contributed by atoms with Crippen molar-refractivity contribution in [2.75, 3.05) is 19.3 Å². The number of nitrogens with zero attached hydrogens (tertiary/aromatic N) is 1. The van der Waals surface area contributed by atoms with Crippen LogP contribution in [-0.4, -0.2) is 56.0 Å². The molecule has 1 aliphatic carbocycles. The number of carbonyl (C=O) groups excluding carboxylic acids is 3. The molecule has 9 heteroatoms. The zero-order valence-corrected chi connectivity index (χ0v) is 16.0. The first kappa shape index (κ1) is 19.3. The number of urea groups is 1. The van der Waals surface area contributed by atoms with Crippen LogP contribution >= 0.6 is 0 Å². The average molecular weight is 393 g/mol. The molecule has 1 saturated carbocycles. The molecule has 2 N–H and O–H groups in total. The smallest absolute Gasteiger partial charge is 0.325 e. The van der Waals surface area contributed by atoms with Gasteiger partial charge >= 0.3 is 6.03 Å². The fourth-order valence-electron chi connectivity index (χ4n) is 3.59. The number of hydrogen-bond donors (Lipinski definition) is 2. The fourth-order valence-corrected chi connectivity index (χ4v) is 4.22. The summed E-state index contributed by atoms with van der Waals surface area (Å²) >= 11 is 0. The number of sulfone groups is 1. The van der Waals surface area contributed by atoms with Crippen LogP contribution in [0.2, 0.25) is 0 Å². The minimum Gasteiger partial charge on any atom is -0.352 e. The summed E-state index contributed by atoms with van der Waals surface area (Å²) in [4.78, 5) is 38.1. The number of imide groups is 1. The Morgan fingerprint density at radius 3 is 2.41 bits per heavy atom. The molecule has 1 aliphatic heterocycles. The van der Waals surface area contributed by atoms with E-state index in [1.807, 2.05) is 0 Å². The maximum atomic E-state index is 12.5. The van der Waals surface area contributed by atoms with Crippen LogP contribution in [0.4, 0.5) is 4.79 Å². The molecule has 1 saturated heterocycles. The van der Waals surface area contributed by atoms with Crippen molar-refractivity contribution >= 4 is 27.7 Å². The zero-order valence-electron chi connectivity index (χ0n) is 15.2. The highest BCUT2D eigenvalue weighted by Gasteiger charge is 2.51. The molecule has 2 aliphatic rings. The minimum absolute atomic E-state index is 0.151. The lowest BCUT2D eigenvalue weighted by Gasteiger charge is -2.20. The summed E-state index contributed by atoms with van der Waals surface area (Å²) in [5.41, 5.74) is -0.357. The molecule has 8 nitrogen and oxygen atoms in total. The van der Waals surface area contributed by atoms with Gasteiger partial charge in [0.2, 0.25) is 0 Å². The first-order valence-electron chi connectivity index (χ1n) is 8.95. The second-order valence-corrected chi connectivity index (χ2v) is 9.10. The topological polar surface area (TPSA) is 113 Å². The van der Waals surface area contributed by atoms with Gasteiger partial charge in [-0.25, -0.2) is 13.2 Å². The first-order valence-corrected chi connectivity index (χ1v) is 10.8. The molecule has 1 aromatic carbocycles. The van der Waals surface area contributed by atoms with Crippen LogP contribution in [0, 0.1) is 0 Å². The van der Waals surface area contributed by atoms with Crippen LogP contribution in [0.25, 0.3) is 0 Å². The molecule has 146 valence electrons. The zero-order chi connectivity index (χ0) is 19.7. The SMILES string of the molecule is CS(=O)(=O)c1ccc(C(=O)NCCCN2C(=O)NC3(CCCC3)C2=O)cc1. The van der Waals surface area contributed by atoms with Crippen molar-refractivity contribution in [2.24, 2.45) is 0 Å². The summed E-state index contributed by atoms with van der Waals surface area (Å²) in [5, 5.41) is 5.54. The Bertz CT molecular complexity index is 857. The van der Waals surface area contributed by atoms with Crippen molar-refractivity contribution in [3.63, 3.8) is 0 Å². The molecule has 1 heterocycles. The molecular weight excluding hydrogens is 370 g/mol. The van der Waals surface area contributed by atoms with Gasteiger partial charge in [0, 0.05) is 24.9 Å². The van der Waals surface area contributed by atoms with E-state index < -0.39 is 15.4 Å². The molecule has 1 spiro atoms. The molecule has 0 radical (unpaired) electrons. The van der Waals surface area contributed by atoms with Crippen molar-refractivity contribution in [1.29, 1.82) is 0 Å². The summed E-state index contributed by atoms with van der Waals surface area (Å²) in [6, 6.07) is 5.32. The molecule has 0 atom stereocenters. The molecule has 4 amide bonds. The highest BCUT2D eigenvalue weighted by molar-refractivity contribution is 7.90. The van der Waals surface area contributed by atoms with E-state index in [0.29, 0.717) is 31.4 Å². The van der Waals surface area contributed by atoms with Gasteiger partial charge in [-0.3, -0.25) is 14.5 Å². The van der Waals surface area contributed by atoms with Gasteiger partial charge in [0.15, 0.2) is 9.84 Å². The number of carbonyl (C=O) groups is 3. The summed E-state index contributed by atoms with van der Waals surface area (Å²) in [5.74, 6) is -0.493. The van der Waals surface area contributed by atoms with Gasteiger partial charge in [-0.15, -0.1) is 0 Å². The minimum atomic E-state index is -3.30. The summed E-state index contributed by atoms with van der Waals surface area (Å²) in [6.45, 7) is 0.552. The number of amides is 4. The fraction of sp³-hybridized carbons (Fsp3) is 0.500. The van der Waals surface area contributed by atoms with E-state index in [0.717, 1.165) is 19.1 Å². The average Bonchev–Trinajstić information content (AvgIpc) is 3.18. The number of benzene rings is 1. The van der Waals surface area contributed by atoms with Crippen molar-refractivity contribution in [3.05, 3.63) is 29.8 Å². The maximum Gasteiger partial charge on any atom is 0.325 e. The van der Waals surface area contributed by atoms with E-state index in [2.05, 4.69) is 10.6 Å². The predicted octanol–water partition coefficient (Wildman–Crippen LogP) is 1.07. The summed E-state index contributed by atoms with van der Waals surface area (Å²) in [6.07, 6.45) is 4.81. The van der Waals surface area contributed by atoms with E-state index in [1.54, 1.807) is 0 Å². The Morgan fingerprint density at radius 2 is 1.81 bits per heavy atom. The highest BCUT2D eigenvalue weighted by atomic mass is 32.2. The van der Waals surface area contributed by atoms with Gasteiger partial charge in [-0.2, -0.15) is 0 Å². The van der Waals surface area contributed by atoms with Crippen LogP contribution in [0.1, 0.15) is 42.5 Å². The van der Waals surface area contributed by atoms with Gasteiger partial charge in [0.1, 0.15) is 5.54 Å². The van der Waals surface area contributed by atoms with Gasteiger partial charge in [-0.1, -0.05) is 12.8 Å². The normalized spacial score (nSPS) is 18.8. The van der Waals surface area contributed by atoms with Gasteiger partial charge in [-0.05, 0) is 43.5 Å². The maximum absolute atomic E-state index is 12.5. The summed E-state index contributed by atoms with van der Waals surface area (Å²) < 4.78 is 22.9. The van der Waals surface area contributed by atoms with Crippen molar-refractivity contribution in [3.8, 4) is 0 Å². The lowest BCUT2D eigenvalue weighted by atomic mass is 9.98. The second kappa shape index (κ2) is 7.30. The molecule has 2 fully saturated rings. The van der Waals surface area contributed by atoms with Crippen molar-refractivity contribution in [1.82, 2.24) is 15.5 Å². The number of hydrogen-bond acceptors (Lipinski definition) is 5.